The largest absolute Gasteiger partial charge is 0.352 e. The van der Waals surface area contributed by atoms with Gasteiger partial charge in [0.05, 0.1) is 5.56 Å². The van der Waals surface area contributed by atoms with Gasteiger partial charge in [-0.05, 0) is 25.8 Å². The zero-order valence-corrected chi connectivity index (χ0v) is 9.19. The molecule has 1 N–H and O–H groups in total. The number of allylic oxidation sites excluding steroid dienone is 1. The molecule has 3 heteroatoms. The van der Waals surface area contributed by atoms with E-state index in [1.165, 1.54) is 4.88 Å². The van der Waals surface area contributed by atoms with Crippen LogP contribution < -0.4 is 5.32 Å². The Kier molecular flexibility index (Phi) is 4.40. The van der Waals surface area contributed by atoms with E-state index in [-0.39, 0.29) is 5.91 Å². The smallest absolute Gasteiger partial charge is 0.252 e. The first-order valence-corrected chi connectivity index (χ1v) is 5.56. The standard InChI is InChI=1S/C11H15NOS/c1-3-4-5-6-12-11(13)10-7-9(2)14-8-10/h3,7-8H,1,4-6H2,2H3,(H,12,13). The Morgan fingerprint density at radius 2 is 2.50 bits per heavy atom. The van der Waals surface area contributed by atoms with Crippen LogP contribution in [0, 0.1) is 6.92 Å². The van der Waals surface area contributed by atoms with Crippen LogP contribution in [0.4, 0.5) is 0 Å². The van der Waals surface area contributed by atoms with Crippen LogP contribution in [-0.4, -0.2) is 12.5 Å². The quantitative estimate of drug-likeness (QED) is 0.586. The van der Waals surface area contributed by atoms with Crippen LogP contribution >= 0.6 is 11.3 Å². The van der Waals surface area contributed by atoms with Crippen molar-refractivity contribution >= 4 is 17.2 Å². The number of amides is 1. The second-order valence-corrected chi connectivity index (χ2v) is 4.25. The highest BCUT2D eigenvalue weighted by Gasteiger charge is 2.05. The lowest BCUT2D eigenvalue weighted by Crippen LogP contribution is -2.23. The molecule has 1 heterocycles. The lowest BCUT2D eigenvalue weighted by atomic mass is 10.2. The van der Waals surface area contributed by atoms with Crippen molar-refractivity contribution < 1.29 is 4.79 Å². The minimum Gasteiger partial charge on any atom is -0.352 e. The molecule has 0 atom stereocenters. The van der Waals surface area contributed by atoms with Crippen molar-refractivity contribution in [2.45, 2.75) is 19.8 Å². The highest BCUT2D eigenvalue weighted by Crippen LogP contribution is 2.12. The van der Waals surface area contributed by atoms with Crippen LogP contribution in [0.2, 0.25) is 0 Å². The highest BCUT2D eigenvalue weighted by atomic mass is 32.1. The summed E-state index contributed by atoms with van der Waals surface area (Å²) in [6.07, 6.45) is 3.77. The molecule has 1 rings (SSSR count). The van der Waals surface area contributed by atoms with E-state index in [4.69, 9.17) is 0 Å². The van der Waals surface area contributed by atoms with Crippen LogP contribution in [0.15, 0.2) is 24.1 Å². The van der Waals surface area contributed by atoms with E-state index < -0.39 is 0 Å². The van der Waals surface area contributed by atoms with Gasteiger partial charge in [0.15, 0.2) is 0 Å². The third-order valence-electron chi connectivity index (χ3n) is 1.86. The summed E-state index contributed by atoms with van der Waals surface area (Å²) in [6.45, 7) is 6.35. The first-order valence-electron chi connectivity index (χ1n) is 4.68. The SMILES string of the molecule is C=CCCCNC(=O)c1csc(C)c1. The minimum absolute atomic E-state index is 0.0263. The Bertz CT molecular complexity index is 317. The lowest BCUT2D eigenvalue weighted by Gasteiger charge is -2.01. The average molecular weight is 209 g/mol. The molecule has 1 amide bonds. The van der Waals surface area contributed by atoms with Crippen molar-refractivity contribution in [2.75, 3.05) is 6.54 Å². The molecule has 76 valence electrons. The van der Waals surface area contributed by atoms with E-state index in [0.717, 1.165) is 24.9 Å². The van der Waals surface area contributed by atoms with Gasteiger partial charge in [-0.15, -0.1) is 17.9 Å². The number of carbonyl (C=O) groups excluding carboxylic acids is 1. The molecule has 0 spiro atoms. The van der Waals surface area contributed by atoms with Gasteiger partial charge in [-0.1, -0.05) is 6.08 Å². The first kappa shape index (κ1) is 11.0. The van der Waals surface area contributed by atoms with Crippen molar-refractivity contribution in [2.24, 2.45) is 0 Å². The fraction of sp³-hybridized carbons (Fsp3) is 0.364. The fourth-order valence-electron chi connectivity index (χ4n) is 1.11. The van der Waals surface area contributed by atoms with Gasteiger partial charge < -0.3 is 5.32 Å². The van der Waals surface area contributed by atoms with Crippen LogP contribution in [0.5, 0.6) is 0 Å². The second kappa shape index (κ2) is 5.60. The molecule has 0 radical (unpaired) electrons. The van der Waals surface area contributed by atoms with Crippen LogP contribution in [0.3, 0.4) is 0 Å². The Hall–Kier alpha value is -1.09. The third-order valence-corrected chi connectivity index (χ3v) is 2.72. The molecule has 0 aliphatic heterocycles. The lowest BCUT2D eigenvalue weighted by molar-refractivity contribution is 0.0953. The number of hydrogen-bond acceptors (Lipinski definition) is 2. The van der Waals surface area contributed by atoms with Gasteiger partial charge in [0.2, 0.25) is 0 Å². The molecule has 0 saturated heterocycles. The molecule has 0 aliphatic carbocycles. The predicted octanol–water partition coefficient (Wildman–Crippen LogP) is 2.75. The van der Waals surface area contributed by atoms with Gasteiger partial charge in [0.1, 0.15) is 0 Å². The summed E-state index contributed by atoms with van der Waals surface area (Å²) in [4.78, 5) is 12.7. The van der Waals surface area contributed by atoms with Gasteiger partial charge in [0, 0.05) is 16.8 Å². The van der Waals surface area contributed by atoms with Crippen molar-refractivity contribution in [1.82, 2.24) is 5.32 Å². The van der Waals surface area contributed by atoms with Crippen LogP contribution in [0.25, 0.3) is 0 Å². The van der Waals surface area contributed by atoms with E-state index in [9.17, 15) is 4.79 Å². The molecule has 14 heavy (non-hydrogen) atoms. The van der Waals surface area contributed by atoms with Gasteiger partial charge in [-0.25, -0.2) is 0 Å². The fourth-order valence-corrected chi connectivity index (χ4v) is 1.80. The Morgan fingerprint density at radius 3 is 3.07 bits per heavy atom. The zero-order valence-electron chi connectivity index (χ0n) is 8.38. The number of nitrogens with one attached hydrogen (secondary N) is 1. The Balaban J connectivity index is 2.32. The van der Waals surface area contributed by atoms with Gasteiger partial charge in [0.25, 0.3) is 5.91 Å². The monoisotopic (exact) mass is 209 g/mol. The molecular formula is C11H15NOS. The molecule has 0 aliphatic rings. The molecule has 0 fully saturated rings. The Morgan fingerprint density at radius 1 is 1.71 bits per heavy atom. The van der Waals surface area contributed by atoms with Gasteiger partial charge in [-0.2, -0.15) is 0 Å². The molecule has 0 bridgehead atoms. The van der Waals surface area contributed by atoms with Crippen LogP contribution in [0.1, 0.15) is 28.1 Å². The second-order valence-electron chi connectivity index (χ2n) is 3.13. The summed E-state index contributed by atoms with van der Waals surface area (Å²) in [7, 11) is 0. The molecule has 1 aromatic rings. The van der Waals surface area contributed by atoms with Crippen molar-refractivity contribution in [3.05, 3.63) is 34.5 Å². The molecule has 0 saturated carbocycles. The minimum atomic E-state index is 0.0263. The van der Waals surface area contributed by atoms with Crippen LogP contribution in [-0.2, 0) is 0 Å². The number of carbonyl (C=O) groups is 1. The van der Waals surface area contributed by atoms with E-state index >= 15 is 0 Å². The van der Waals surface area contributed by atoms with Crippen molar-refractivity contribution in [3.8, 4) is 0 Å². The van der Waals surface area contributed by atoms with Gasteiger partial charge >= 0.3 is 0 Å². The summed E-state index contributed by atoms with van der Waals surface area (Å²) >= 11 is 1.60. The first-order chi connectivity index (χ1) is 6.74. The third kappa shape index (κ3) is 3.34. The predicted molar refractivity (Wildman–Crippen MR) is 60.8 cm³/mol. The number of thiophene rings is 1. The molecular weight excluding hydrogens is 194 g/mol. The maximum atomic E-state index is 11.5. The summed E-state index contributed by atoms with van der Waals surface area (Å²) in [5.74, 6) is 0.0263. The molecule has 1 aromatic heterocycles. The average Bonchev–Trinajstić information content (AvgIpc) is 2.59. The molecule has 2 nitrogen and oxygen atoms in total. The van der Waals surface area contributed by atoms with E-state index in [2.05, 4.69) is 11.9 Å². The molecule has 0 aromatic carbocycles. The number of hydrogen-bond donors (Lipinski definition) is 1. The summed E-state index contributed by atoms with van der Waals surface area (Å²) < 4.78 is 0. The van der Waals surface area contributed by atoms with Crippen molar-refractivity contribution in [1.29, 1.82) is 0 Å². The highest BCUT2D eigenvalue weighted by molar-refractivity contribution is 7.10. The van der Waals surface area contributed by atoms with Crippen molar-refractivity contribution in [3.63, 3.8) is 0 Å². The molecule has 0 unspecified atom stereocenters. The number of aryl methyl sites for hydroxylation is 1. The number of rotatable bonds is 5. The van der Waals surface area contributed by atoms with Gasteiger partial charge in [-0.3, -0.25) is 4.79 Å². The zero-order chi connectivity index (χ0) is 10.4. The van der Waals surface area contributed by atoms with E-state index in [1.807, 2.05) is 24.4 Å². The maximum absolute atomic E-state index is 11.5. The Labute approximate surface area is 88.6 Å². The normalized spacial score (nSPS) is 9.79. The summed E-state index contributed by atoms with van der Waals surface area (Å²) in [6, 6.07) is 1.91. The number of unbranched alkanes of at least 4 members (excludes halogenated alkanes) is 1. The van der Waals surface area contributed by atoms with E-state index in [1.54, 1.807) is 11.3 Å². The van der Waals surface area contributed by atoms with E-state index in [0.29, 0.717) is 0 Å². The summed E-state index contributed by atoms with van der Waals surface area (Å²) in [5.41, 5.74) is 0.770. The topological polar surface area (TPSA) is 29.1 Å². The maximum Gasteiger partial charge on any atom is 0.252 e. The summed E-state index contributed by atoms with van der Waals surface area (Å²) in [5, 5.41) is 4.75.